The van der Waals surface area contributed by atoms with Crippen LogP contribution in [0.25, 0.3) is 0 Å². The number of hydrogen-bond donors (Lipinski definition) is 2. The summed E-state index contributed by atoms with van der Waals surface area (Å²) in [5, 5.41) is 3.09. The molecule has 0 saturated heterocycles. The summed E-state index contributed by atoms with van der Waals surface area (Å²) in [7, 11) is 0. The Morgan fingerprint density at radius 1 is 1.28 bits per heavy atom. The van der Waals surface area contributed by atoms with Gasteiger partial charge in [-0.05, 0) is 19.1 Å². The van der Waals surface area contributed by atoms with Gasteiger partial charge >= 0.3 is 0 Å². The SMILES string of the molecule is CC(Nc1ccccc1)(C(N)=O)c1cnccn1. The zero-order valence-corrected chi connectivity index (χ0v) is 10.00. The molecule has 1 aromatic carbocycles. The Kier molecular flexibility index (Phi) is 3.23. The van der Waals surface area contributed by atoms with Crippen LogP contribution in [0.4, 0.5) is 5.69 Å². The summed E-state index contributed by atoms with van der Waals surface area (Å²) >= 11 is 0. The minimum absolute atomic E-state index is 0.487. The molecule has 1 aromatic heterocycles. The molecule has 0 radical (unpaired) electrons. The lowest BCUT2D eigenvalue weighted by atomic mass is 9.96. The molecule has 5 nitrogen and oxygen atoms in total. The first kappa shape index (κ1) is 12.0. The van der Waals surface area contributed by atoms with E-state index in [0.717, 1.165) is 5.69 Å². The molecule has 0 aliphatic carbocycles. The maximum Gasteiger partial charge on any atom is 0.249 e. The number of nitrogens with zero attached hydrogens (tertiary/aromatic N) is 2. The van der Waals surface area contributed by atoms with Gasteiger partial charge in [-0.3, -0.25) is 14.8 Å². The highest BCUT2D eigenvalue weighted by molar-refractivity contribution is 5.88. The van der Waals surface area contributed by atoms with E-state index in [1.165, 1.54) is 12.4 Å². The van der Waals surface area contributed by atoms with E-state index in [1.54, 1.807) is 13.1 Å². The van der Waals surface area contributed by atoms with Gasteiger partial charge in [0.25, 0.3) is 0 Å². The number of carbonyl (C=O) groups excluding carboxylic acids is 1. The predicted octanol–water partition coefficient (Wildman–Crippen LogP) is 1.29. The van der Waals surface area contributed by atoms with Crippen LogP contribution in [-0.4, -0.2) is 15.9 Å². The Morgan fingerprint density at radius 2 is 2.00 bits per heavy atom. The van der Waals surface area contributed by atoms with Crippen LogP contribution < -0.4 is 11.1 Å². The number of amides is 1. The summed E-state index contributed by atoms with van der Waals surface area (Å²) < 4.78 is 0. The second-order valence-electron chi connectivity index (χ2n) is 4.07. The number of nitrogens with one attached hydrogen (secondary N) is 1. The van der Waals surface area contributed by atoms with Crippen molar-refractivity contribution in [2.75, 3.05) is 5.32 Å². The van der Waals surface area contributed by atoms with Gasteiger partial charge in [-0.25, -0.2) is 0 Å². The molecule has 92 valence electrons. The van der Waals surface area contributed by atoms with Crippen molar-refractivity contribution in [2.24, 2.45) is 5.73 Å². The van der Waals surface area contributed by atoms with Crippen molar-refractivity contribution in [1.29, 1.82) is 0 Å². The second-order valence-corrected chi connectivity index (χ2v) is 4.07. The van der Waals surface area contributed by atoms with Crippen molar-refractivity contribution in [2.45, 2.75) is 12.5 Å². The highest BCUT2D eigenvalue weighted by Gasteiger charge is 2.34. The van der Waals surface area contributed by atoms with Crippen molar-refractivity contribution >= 4 is 11.6 Å². The molecule has 0 bridgehead atoms. The van der Waals surface area contributed by atoms with Crippen LogP contribution in [0.2, 0.25) is 0 Å². The molecule has 18 heavy (non-hydrogen) atoms. The number of primary amides is 1. The van der Waals surface area contributed by atoms with Gasteiger partial charge in [0.2, 0.25) is 5.91 Å². The van der Waals surface area contributed by atoms with E-state index in [9.17, 15) is 4.79 Å². The molecule has 1 amide bonds. The first-order valence-corrected chi connectivity index (χ1v) is 5.52. The maximum absolute atomic E-state index is 11.7. The van der Waals surface area contributed by atoms with E-state index in [0.29, 0.717) is 5.69 Å². The Labute approximate surface area is 105 Å². The number of aromatic nitrogens is 2. The van der Waals surface area contributed by atoms with Crippen molar-refractivity contribution in [3.8, 4) is 0 Å². The monoisotopic (exact) mass is 242 g/mol. The standard InChI is InChI=1S/C13H14N4O/c1-13(12(14)18,11-9-15-7-8-16-11)17-10-5-3-2-4-6-10/h2-9,17H,1H3,(H2,14,18). The van der Waals surface area contributed by atoms with Crippen molar-refractivity contribution < 1.29 is 4.79 Å². The third-order valence-electron chi connectivity index (χ3n) is 2.74. The molecule has 0 saturated carbocycles. The van der Waals surface area contributed by atoms with E-state index < -0.39 is 11.4 Å². The van der Waals surface area contributed by atoms with Crippen LogP contribution in [-0.2, 0) is 10.3 Å². The fourth-order valence-corrected chi connectivity index (χ4v) is 1.62. The Balaban J connectivity index is 2.37. The Bertz CT molecular complexity index is 529. The number of carbonyl (C=O) groups is 1. The first-order valence-electron chi connectivity index (χ1n) is 5.52. The molecule has 0 aliphatic rings. The first-order chi connectivity index (χ1) is 8.63. The van der Waals surface area contributed by atoms with Crippen molar-refractivity contribution in [1.82, 2.24) is 9.97 Å². The number of rotatable bonds is 4. The van der Waals surface area contributed by atoms with Crippen molar-refractivity contribution in [3.05, 3.63) is 54.6 Å². The normalized spacial score (nSPS) is 13.6. The Morgan fingerprint density at radius 3 is 2.56 bits per heavy atom. The van der Waals surface area contributed by atoms with E-state index in [4.69, 9.17) is 5.73 Å². The number of nitrogens with two attached hydrogens (primary N) is 1. The summed E-state index contributed by atoms with van der Waals surface area (Å²) in [5.41, 5.74) is 5.68. The molecular formula is C13H14N4O. The summed E-state index contributed by atoms with van der Waals surface area (Å²) in [5.74, 6) is -0.508. The van der Waals surface area contributed by atoms with Gasteiger partial charge < -0.3 is 11.1 Å². The van der Waals surface area contributed by atoms with Gasteiger partial charge in [-0.1, -0.05) is 18.2 Å². The van der Waals surface area contributed by atoms with Gasteiger partial charge in [0.15, 0.2) is 5.54 Å². The van der Waals surface area contributed by atoms with E-state index >= 15 is 0 Å². The molecule has 5 heteroatoms. The highest BCUT2D eigenvalue weighted by atomic mass is 16.1. The molecule has 1 unspecified atom stereocenters. The molecule has 0 spiro atoms. The molecular weight excluding hydrogens is 228 g/mol. The fraction of sp³-hybridized carbons (Fsp3) is 0.154. The number of anilines is 1. The average Bonchev–Trinajstić information content (AvgIpc) is 2.40. The lowest BCUT2D eigenvalue weighted by molar-refractivity contribution is -0.122. The van der Waals surface area contributed by atoms with Gasteiger partial charge in [-0.2, -0.15) is 0 Å². The molecule has 2 aromatic rings. The van der Waals surface area contributed by atoms with Crippen LogP contribution in [0.1, 0.15) is 12.6 Å². The molecule has 0 aliphatic heterocycles. The number of benzene rings is 1. The largest absolute Gasteiger partial charge is 0.367 e. The molecule has 2 rings (SSSR count). The molecule has 1 heterocycles. The van der Waals surface area contributed by atoms with Gasteiger partial charge in [0.1, 0.15) is 0 Å². The third kappa shape index (κ3) is 2.29. The third-order valence-corrected chi connectivity index (χ3v) is 2.74. The van der Waals surface area contributed by atoms with E-state index in [-0.39, 0.29) is 0 Å². The quantitative estimate of drug-likeness (QED) is 0.846. The number of para-hydroxylation sites is 1. The maximum atomic E-state index is 11.7. The summed E-state index contributed by atoms with van der Waals surface area (Å²) in [6.07, 6.45) is 4.61. The van der Waals surface area contributed by atoms with Crippen LogP contribution in [0, 0.1) is 0 Å². The summed E-state index contributed by atoms with van der Waals surface area (Å²) in [6.45, 7) is 1.69. The minimum atomic E-state index is -1.09. The topological polar surface area (TPSA) is 80.9 Å². The van der Waals surface area contributed by atoms with E-state index in [1.807, 2.05) is 30.3 Å². The molecule has 3 N–H and O–H groups in total. The van der Waals surface area contributed by atoms with Crippen LogP contribution in [0.15, 0.2) is 48.9 Å². The lowest BCUT2D eigenvalue weighted by Gasteiger charge is -2.27. The predicted molar refractivity (Wildman–Crippen MR) is 68.6 cm³/mol. The smallest absolute Gasteiger partial charge is 0.249 e. The van der Waals surface area contributed by atoms with Crippen molar-refractivity contribution in [3.63, 3.8) is 0 Å². The minimum Gasteiger partial charge on any atom is -0.367 e. The zero-order valence-electron chi connectivity index (χ0n) is 10.00. The highest BCUT2D eigenvalue weighted by Crippen LogP contribution is 2.23. The summed E-state index contributed by atoms with van der Waals surface area (Å²) in [4.78, 5) is 19.8. The van der Waals surface area contributed by atoms with E-state index in [2.05, 4.69) is 15.3 Å². The lowest BCUT2D eigenvalue weighted by Crippen LogP contribution is -2.45. The second kappa shape index (κ2) is 4.83. The van der Waals surface area contributed by atoms with Gasteiger partial charge in [0, 0.05) is 18.1 Å². The Hall–Kier alpha value is -2.43. The molecule has 0 fully saturated rings. The average molecular weight is 242 g/mol. The van der Waals surface area contributed by atoms with Crippen LogP contribution in [0.3, 0.4) is 0 Å². The van der Waals surface area contributed by atoms with Gasteiger partial charge in [0.05, 0.1) is 11.9 Å². The fourth-order valence-electron chi connectivity index (χ4n) is 1.62. The molecule has 1 atom stereocenters. The number of hydrogen-bond acceptors (Lipinski definition) is 4. The van der Waals surface area contributed by atoms with Crippen LogP contribution >= 0.6 is 0 Å². The van der Waals surface area contributed by atoms with Gasteiger partial charge in [-0.15, -0.1) is 0 Å². The zero-order chi connectivity index (χ0) is 13.0. The van der Waals surface area contributed by atoms with Crippen LogP contribution in [0.5, 0.6) is 0 Å². The summed E-state index contributed by atoms with van der Waals surface area (Å²) in [6, 6.07) is 9.37.